The lowest BCUT2D eigenvalue weighted by atomic mass is 9.93. The van der Waals surface area contributed by atoms with Crippen LogP contribution in [0, 0.1) is 5.82 Å². The summed E-state index contributed by atoms with van der Waals surface area (Å²) in [5.41, 5.74) is 9.88. The second-order valence-corrected chi connectivity index (χ2v) is 5.63. The molecule has 2 rings (SSSR count). The highest BCUT2D eigenvalue weighted by Crippen LogP contribution is 2.27. The maximum absolute atomic E-state index is 14.2. The van der Waals surface area contributed by atoms with Crippen LogP contribution in [-0.4, -0.2) is 42.4 Å². The van der Waals surface area contributed by atoms with E-state index in [-0.39, 0.29) is 36.0 Å². The molecule has 2 amide bonds. The Morgan fingerprint density at radius 1 is 1.28 bits per heavy atom. The fourth-order valence-electron chi connectivity index (χ4n) is 2.68. The molecule has 10 heteroatoms. The van der Waals surface area contributed by atoms with Crippen LogP contribution in [0.4, 0.5) is 19.4 Å². The summed E-state index contributed by atoms with van der Waals surface area (Å²) in [6.07, 6.45) is 1.30. The Morgan fingerprint density at radius 2 is 1.96 bits per heavy atom. The fraction of sp³-hybridized carbons (Fsp3) is 0.533. The van der Waals surface area contributed by atoms with Gasteiger partial charge in [0.2, 0.25) is 5.88 Å². The Balaban J connectivity index is 2.06. The van der Waals surface area contributed by atoms with Crippen molar-refractivity contribution in [1.29, 1.82) is 0 Å². The molecule has 8 nitrogen and oxygen atoms in total. The van der Waals surface area contributed by atoms with Crippen LogP contribution in [0.5, 0.6) is 5.88 Å². The lowest BCUT2D eigenvalue weighted by Gasteiger charge is -2.29. The van der Waals surface area contributed by atoms with Crippen molar-refractivity contribution in [2.45, 2.75) is 37.8 Å². The molecule has 1 aromatic rings. The number of nitrogens with one attached hydrogen (secondary N) is 1. The molecule has 5 N–H and O–H groups in total. The minimum atomic E-state index is -0.920. The Kier molecular flexibility index (Phi) is 6.31. The molecule has 138 valence electrons. The molecular formula is C15H20F2N4O4. The highest BCUT2D eigenvalue weighted by molar-refractivity contribution is 5.95. The first-order valence-electron chi connectivity index (χ1n) is 7.82. The quantitative estimate of drug-likeness (QED) is 0.677. The van der Waals surface area contributed by atoms with E-state index in [9.17, 15) is 18.4 Å². The smallest absolute Gasteiger partial charge is 0.404 e. The van der Waals surface area contributed by atoms with Gasteiger partial charge in [0.25, 0.3) is 5.91 Å². The zero-order chi connectivity index (χ0) is 18.4. The van der Waals surface area contributed by atoms with Crippen molar-refractivity contribution in [2.75, 3.05) is 18.6 Å². The molecule has 0 radical (unpaired) electrons. The second kappa shape index (κ2) is 8.45. The minimum absolute atomic E-state index is 0.108. The van der Waals surface area contributed by atoms with E-state index in [1.54, 1.807) is 0 Å². The van der Waals surface area contributed by atoms with Gasteiger partial charge in [0, 0.05) is 6.04 Å². The number of nitrogens with zero attached hydrogens (tertiary/aromatic N) is 1. The summed E-state index contributed by atoms with van der Waals surface area (Å²) >= 11 is 0. The highest BCUT2D eigenvalue weighted by Gasteiger charge is 2.25. The number of carbonyl (C=O) groups is 2. The van der Waals surface area contributed by atoms with Crippen molar-refractivity contribution < 1.29 is 27.8 Å². The SMILES string of the molecule is NC(=O)O[C@H]1CC[C@H](Nc2nc(OCCF)c(C(N)=O)cc2F)CC1. The molecule has 0 bridgehead atoms. The molecule has 0 atom stereocenters. The van der Waals surface area contributed by atoms with Crippen molar-refractivity contribution in [3.63, 3.8) is 0 Å². The number of anilines is 1. The first-order chi connectivity index (χ1) is 11.9. The van der Waals surface area contributed by atoms with Gasteiger partial charge in [-0.25, -0.2) is 13.6 Å². The molecule has 0 spiro atoms. The standard InChI is InChI=1S/C15H20F2N4O4/c16-5-6-24-14-10(12(18)22)7-11(17)13(21-14)20-8-1-3-9(4-2-8)25-15(19)23/h7-9H,1-6H2,(H2,18,22)(H2,19,23)(H,20,21)/t8-,9-. The summed E-state index contributed by atoms with van der Waals surface area (Å²) in [6.45, 7) is -1.11. The minimum Gasteiger partial charge on any atom is -0.474 e. The van der Waals surface area contributed by atoms with Gasteiger partial charge in [-0.05, 0) is 31.7 Å². The van der Waals surface area contributed by atoms with E-state index in [0.29, 0.717) is 25.7 Å². The van der Waals surface area contributed by atoms with Crippen LogP contribution >= 0.6 is 0 Å². The third-order valence-corrected chi connectivity index (χ3v) is 3.82. The topological polar surface area (TPSA) is 130 Å². The van der Waals surface area contributed by atoms with Crippen LogP contribution in [0.2, 0.25) is 0 Å². The number of carbonyl (C=O) groups excluding carboxylic acids is 2. The van der Waals surface area contributed by atoms with Gasteiger partial charge in [0.15, 0.2) is 11.6 Å². The number of hydrogen-bond acceptors (Lipinski definition) is 6. The van der Waals surface area contributed by atoms with Crippen molar-refractivity contribution >= 4 is 17.8 Å². The number of nitrogens with two attached hydrogens (primary N) is 2. The predicted molar refractivity (Wildman–Crippen MR) is 84.5 cm³/mol. The van der Waals surface area contributed by atoms with Gasteiger partial charge in [-0.2, -0.15) is 4.98 Å². The van der Waals surface area contributed by atoms with Crippen molar-refractivity contribution in [3.8, 4) is 5.88 Å². The normalized spacial score (nSPS) is 19.9. The molecule has 0 unspecified atom stereocenters. The average molecular weight is 358 g/mol. The molecule has 25 heavy (non-hydrogen) atoms. The lowest BCUT2D eigenvalue weighted by Crippen LogP contribution is -2.32. The van der Waals surface area contributed by atoms with Crippen LogP contribution in [0.3, 0.4) is 0 Å². The van der Waals surface area contributed by atoms with Gasteiger partial charge >= 0.3 is 6.09 Å². The molecule has 1 fully saturated rings. The summed E-state index contributed by atoms with van der Waals surface area (Å²) in [5.74, 6) is -2.02. The monoisotopic (exact) mass is 358 g/mol. The zero-order valence-electron chi connectivity index (χ0n) is 13.5. The molecule has 0 saturated heterocycles. The largest absolute Gasteiger partial charge is 0.474 e. The van der Waals surface area contributed by atoms with Crippen molar-refractivity contribution in [1.82, 2.24) is 4.98 Å². The number of amides is 2. The van der Waals surface area contributed by atoms with Crippen LogP contribution in [0.15, 0.2) is 6.07 Å². The Hall–Kier alpha value is -2.65. The van der Waals surface area contributed by atoms with Gasteiger partial charge in [-0.1, -0.05) is 0 Å². The molecule has 1 aromatic heterocycles. The number of halogens is 2. The van der Waals surface area contributed by atoms with Crippen LogP contribution in [0.1, 0.15) is 36.0 Å². The maximum atomic E-state index is 14.2. The molecule has 1 heterocycles. The summed E-state index contributed by atoms with van der Waals surface area (Å²) in [5, 5.41) is 2.92. The number of hydrogen-bond donors (Lipinski definition) is 3. The average Bonchev–Trinajstić information content (AvgIpc) is 2.56. The van der Waals surface area contributed by atoms with E-state index in [1.165, 1.54) is 0 Å². The Morgan fingerprint density at radius 3 is 2.52 bits per heavy atom. The van der Waals surface area contributed by atoms with Gasteiger partial charge in [0.05, 0.1) is 0 Å². The number of alkyl halides is 1. The van der Waals surface area contributed by atoms with Gasteiger partial charge in [-0.3, -0.25) is 4.79 Å². The molecule has 0 aliphatic heterocycles. The second-order valence-electron chi connectivity index (χ2n) is 5.63. The zero-order valence-corrected chi connectivity index (χ0v) is 13.5. The van der Waals surface area contributed by atoms with Gasteiger partial charge in [0.1, 0.15) is 24.9 Å². The first-order valence-corrected chi connectivity index (χ1v) is 7.82. The Bertz CT molecular complexity index is 636. The van der Waals surface area contributed by atoms with Crippen LogP contribution in [0.25, 0.3) is 0 Å². The Labute approximate surface area is 142 Å². The van der Waals surface area contributed by atoms with E-state index in [4.69, 9.17) is 20.9 Å². The number of ether oxygens (including phenoxy) is 2. The number of rotatable bonds is 7. The fourth-order valence-corrected chi connectivity index (χ4v) is 2.68. The van der Waals surface area contributed by atoms with Gasteiger partial charge in [-0.15, -0.1) is 0 Å². The van der Waals surface area contributed by atoms with E-state index in [1.807, 2.05) is 0 Å². The maximum Gasteiger partial charge on any atom is 0.404 e. The molecule has 1 aliphatic carbocycles. The summed E-state index contributed by atoms with van der Waals surface area (Å²) in [4.78, 5) is 26.0. The third kappa shape index (κ3) is 5.16. The molecular weight excluding hydrogens is 338 g/mol. The predicted octanol–water partition coefficient (Wildman–Crippen LogP) is 1.49. The van der Waals surface area contributed by atoms with E-state index in [0.717, 1.165) is 6.07 Å². The van der Waals surface area contributed by atoms with E-state index < -0.39 is 24.5 Å². The van der Waals surface area contributed by atoms with Crippen LogP contribution < -0.4 is 21.5 Å². The van der Waals surface area contributed by atoms with E-state index in [2.05, 4.69) is 10.3 Å². The van der Waals surface area contributed by atoms with Crippen molar-refractivity contribution in [3.05, 3.63) is 17.4 Å². The number of pyridine rings is 1. The number of primary amides is 2. The van der Waals surface area contributed by atoms with Crippen LogP contribution in [-0.2, 0) is 4.74 Å². The molecule has 1 aliphatic rings. The first kappa shape index (κ1) is 18.7. The summed E-state index contributed by atoms with van der Waals surface area (Å²) < 4.78 is 36.4. The lowest BCUT2D eigenvalue weighted by molar-refractivity contribution is 0.0805. The third-order valence-electron chi connectivity index (χ3n) is 3.82. The molecule has 1 saturated carbocycles. The van der Waals surface area contributed by atoms with E-state index >= 15 is 0 Å². The number of aromatic nitrogens is 1. The molecule has 0 aromatic carbocycles. The highest BCUT2D eigenvalue weighted by atomic mass is 19.1. The van der Waals surface area contributed by atoms with Crippen molar-refractivity contribution in [2.24, 2.45) is 11.5 Å². The summed E-state index contributed by atoms with van der Waals surface area (Å²) in [6, 6.07) is 0.802. The summed E-state index contributed by atoms with van der Waals surface area (Å²) in [7, 11) is 0. The van der Waals surface area contributed by atoms with Gasteiger partial charge < -0.3 is 26.3 Å².